The van der Waals surface area contributed by atoms with Crippen molar-refractivity contribution in [3.05, 3.63) is 63.7 Å². The molecule has 2 aromatic carbocycles. The molecule has 0 radical (unpaired) electrons. The number of rotatable bonds is 10. The number of Topliss-reactive ketones (excluding diaryl/α,β-unsaturated/α-hetero) is 1. The van der Waals surface area contributed by atoms with Crippen molar-refractivity contribution >= 4 is 23.3 Å². The summed E-state index contributed by atoms with van der Waals surface area (Å²) in [5.41, 5.74) is 3.21. The van der Waals surface area contributed by atoms with Crippen LogP contribution in [0.25, 0.3) is 0 Å². The maximum atomic E-state index is 12.6. The van der Waals surface area contributed by atoms with E-state index in [1.807, 2.05) is 18.2 Å². The van der Waals surface area contributed by atoms with E-state index >= 15 is 0 Å². The molecule has 1 N–H and O–H groups in total. The van der Waals surface area contributed by atoms with Crippen LogP contribution in [-0.4, -0.2) is 56.0 Å². The second-order valence-electron chi connectivity index (χ2n) is 7.93. The highest BCUT2D eigenvalue weighted by atomic mass is 35.5. The Bertz CT molecular complexity index is 942. The molecule has 1 aliphatic heterocycles. The topological polar surface area (TPSA) is 67.9 Å². The zero-order valence-corrected chi connectivity index (χ0v) is 19.5. The minimum atomic E-state index is -0.209. The van der Waals surface area contributed by atoms with Gasteiger partial charge in [0.05, 0.1) is 18.2 Å². The molecule has 0 unspecified atom stereocenters. The summed E-state index contributed by atoms with van der Waals surface area (Å²) in [6.07, 6.45) is 1.79. The number of carbonyl (C=O) groups is 2. The van der Waals surface area contributed by atoms with Gasteiger partial charge < -0.3 is 14.8 Å². The molecule has 6 nitrogen and oxygen atoms in total. The lowest BCUT2D eigenvalue weighted by molar-refractivity contribution is 0.0322. The maximum absolute atomic E-state index is 12.6. The van der Waals surface area contributed by atoms with Crippen molar-refractivity contribution in [2.24, 2.45) is 0 Å². The van der Waals surface area contributed by atoms with Crippen LogP contribution in [-0.2, 0) is 17.7 Å². The van der Waals surface area contributed by atoms with E-state index in [1.165, 1.54) is 0 Å². The molecule has 0 atom stereocenters. The first kappa shape index (κ1) is 24.2. The van der Waals surface area contributed by atoms with Crippen LogP contribution in [0.1, 0.15) is 52.1 Å². The predicted octanol–water partition coefficient (Wildman–Crippen LogP) is 4.14. The second-order valence-corrected chi connectivity index (χ2v) is 8.34. The third-order valence-electron chi connectivity index (χ3n) is 5.48. The van der Waals surface area contributed by atoms with Crippen molar-refractivity contribution in [3.63, 3.8) is 0 Å². The minimum Gasteiger partial charge on any atom is -0.491 e. The first-order valence-electron chi connectivity index (χ1n) is 11.1. The summed E-state index contributed by atoms with van der Waals surface area (Å²) >= 11 is 6.34. The van der Waals surface area contributed by atoms with Crippen LogP contribution < -0.4 is 10.1 Å². The van der Waals surface area contributed by atoms with Gasteiger partial charge in [-0.2, -0.15) is 0 Å². The number of ketones is 1. The van der Waals surface area contributed by atoms with Crippen LogP contribution in [0.15, 0.2) is 36.4 Å². The van der Waals surface area contributed by atoms with E-state index in [0.717, 1.165) is 62.4 Å². The third-order valence-corrected chi connectivity index (χ3v) is 5.78. The van der Waals surface area contributed by atoms with Crippen molar-refractivity contribution in [3.8, 4) is 5.75 Å². The zero-order chi connectivity index (χ0) is 22.9. The van der Waals surface area contributed by atoms with Gasteiger partial charge in [0.15, 0.2) is 5.78 Å². The van der Waals surface area contributed by atoms with Crippen molar-refractivity contribution in [2.75, 3.05) is 39.5 Å². The fraction of sp³-hybridized carbons (Fsp3) is 0.440. The highest BCUT2D eigenvalue weighted by Gasteiger charge is 2.13. The Morgan fingerprint density at radius 1 is 1.16 bits per heavy atom. The Labute approximate surface area is 194 Å². The molecule has 3 rings (SSSR count). The van der Waals surface area contributed by atoms with E-state index in [2.05, 4.69) is 17.1 Å². The lowest BCUT2D eigenvalue weighted by Gasteiger charge is -2.26. The molecule has 0 aromatic heterocycles. The number of hydrogen-bond donors (Lipinski definition) is 1. The van der Waals surface area contributed by atoms with Crippen LogP contribution in [0.2, 0.25) is 5.02 Å². The average Bonchev–Trinajstić information content (AvgIpc) is 2.79. The number of ether oxygens (including phenoxy) is 2. The fourth-order valence-electron chi connectivity index (χ4n) is 3.73. The Kier molecular flexibility index (Phi) is 9.09. The molecular formula is C25H31ClN2O4. The van der Waals surface area contributed by atoms with Crippen LogP contribution >= 0.6 is 11.6 Å². The van der Waals surface area contributed by atoms with Crippen molar-refractivity contribution in [2.45, 2.75) is 33.2 Å². The van der Waals surface area contributed by atoms with Gasteiger partial charge >= 0.3 is 0 Å². The van der Waals surface area contributed by atoms with E-state index in [4.69, 9.17) is 21.1 Å². The highest BCUT2D eigenvalue weighted by Crippen LogP contribution is 2.25. The largest absolute Gasteiger partial charge is 0.491 e. The molecule has 1 aliphatic rings. The maximum Gasteiger partial charge on any atom is 0.251 e. The summed E-state index contributed by atoms with van der Waals surface area (Å²) in [5.74, 6) is 0.422. The van der Waals surface area contributed by atoms with Crippen molar-refractivity contribution < 1.29 is 19.1 Å². The number of halogens is 1. The number of carbonyl (C=O) groups excluding carboxylic acids is 2. The molecule has 7 heteroatoms. The minimum absolute atomic E-state index is 0.0610. The van der Waals surface area contributed by atoms with Crippen LogP contribution in [0.4, 0.5) is 0 Å². The molecule has 0 spiro atoms. The Morgan fingerprint density at radius 3 is 2.62 bits per heavy atom. The fourth-order valence-corrected chi connectivity index (χ4v) is 3.96. The molecule has 1 saturated heterocycles. The van der Waals surface area contributed by atoms with Gasteiger partial charge in [0.2, 0.25) is 0 Å². The number of nitrogens with zero attached hydrogens (tertiary/aromatic N) is 1. The zero-order valence-electron chi connectivity index (χ0n) is 18.8. The molecule has 0 aliphatic carbocycles. The first-order chi connectivity index (χ1) is 15.5. The Morgan fingerprint density at radius 2 is 1.94 bits per heavy atom. The second kappa shape index (κ2) is 12.0. The first-order valence-corrected chi connectivity index (χ1v) is 11.5. The van der Waals surface area contributed by atoms with E-state index in [0.29, 0.717) is 29.5 Å². The smallest absolute Gasteiger partial charge is 0.251 e. The van der Waals surface area contributed by atoms with Gasteiger partial charge in [0.1, 0.15) is 12.4 Å². The van der Waals surface area contributed by atoms with Gasteiger partial charge in [-0.3, -0.25) is 14.5 Å². The molecule has 0 saturated carbocycles. The number of nitrogens with one attached hydrogen (secondary N) is 1. The summed E-state index contributed by atoms with van der Waals surface area (Å²) in [6.45, 7) is 8.71. The summed E-state index contributed by atoms with van der Waals surface area (Å²) in [6, 6.07) is 10.8. The molecule has 1 amide bonds. The van der Waals surface area contributed by atoms with E-state index in [9.17, 15) is 9.59 Å². The van der Waals surface area contributed by atoms with E-state index < -0.39 is 0 Å². The average molecular weight is 459 g/mol. The molecule has 172 valence electrons. The van der Waals surface area contributed by atoms with Gasteiger partial charge in [-0.25, -0.2) is 0 Å². The lowest BCUT2D eigenvalue weighted by atomic mass is 9.98. The van der Waals surface area contributed by atoms with Gasteiger partial charge in [-0.15, -0.1) is 0 Å². The molecule has 2 aromatic rings. The summed E-state index contributed by atoms with van der Waals surface area (Å²) < 4.78 is 11.1. The van der Waals surface area contributed by atoms with Gasteiger partial charge in [-0.1, -0.05) is 43.1 Å². The van der Waals surface area contributed by atoms with Crippen LogP contribution in [0.3, 0.4) is 0 Å². The van der Waals surface area contributed by atoms with Crippen molar-refractivity contribution in [1.29, 1.82) is 0 Å². The Hall–Kier alpha value is -2.41. The SMILES string of the molecule is CCCc1cc(CNC(=O)c2ccc(OCCN3CCOCC3)c(Cl)c2)ccc1C(C)=O. The van der Waals surface area contributed by atoms with Gasteiger partial charge in [-0.05, 0) is 42.7 Å². The number of aryl methyl sites for hydroxylation is 1. The van der Waals surface area contributed by atoms with E-state index in [1.54, 1.807) is 25.1 Å². The lowest BCUT2D eigenvalue weighted by Crippen LogP contribution is -2.38. The molecule has 1 heterocycles. The van der Waals surface area contributed by atoms with Gasteiger partial charge in [0.25, 0.3) is 5.91 Å². The summed E-state index contributed by atoms with van der Waals surface area (Å²) in [4.78, 5) is 26.7. The quantitative estimate of drug-likeness (QED) is 0.542. The van der Waals surface area contributed by atoms with Gasteiger partial charge in [0, 0.05) is 37.3 Å². The standard InChI is InChI=1S/C25H31ClN2O4/c1-3-4-20-15-19(5-7-22(20)18(2)29)17-27-25(30)21-6-8-24(23(26)16-21)32-14-11-28-9-12-31-13-10-28/h5-8,15-16H,3-4,9-14,17H2,1-2H3,(H,27,30). The molecule has 0 bridgehead atoms. The number of morpholine rings is 1. The van der Waals surface area contributed by atoms with Crippen molar-refractivity contribution in [1.82, 2.24) is 10.2 Å². The number of amides is 1. The normalized spacial score (nSPS) is 14.2. The predicted molar refractivity (Wildman–Crippen MR) is 126 cm³/mol. The summed E-state index contributed by atoms with van der Waals surface area (Å²) in [5, 5.41) is 3.34. The molecular weight excluding hydrogens is 428 g/mol. The molecule has 32 heavy (non-hydrogen) atoms. The summed E-state index contributed by atoms with van der Waals surface area (Å²) in [7, 11) is 0. The number of benzene rings is 2. The van der Waals surface area contributed by atoms with Crippen LogP contribution in [0.5, 0.6) is 5.75 Å². The third kappa shape index (κ3) is 6.79. The Balaban J connectivity index is 1.54. The van der Waals surface area contributed by atoms with E-state index in [-0.39, 0.29) is 11.7 Å². The monoisotopic (exact) mass is 458 g/mol. The molecule has 1 fully saturated rings. The van der Waals surface area contributed by atoms with Crippen LogP contribution in [0, 0.1) is 0 Å². The number of hydrogen-bond acceptors (Lipinski definition) is 5. The highest BCUT2D eigenvalue weighted by molar-refractivity contribution is 6.32.